The second kappa shape index (κ2) is 11.6. The van der Waals surface area contributed by atoms with Gasteiger partial charge in [0, 0.05) is 5.56 Å². The Kier molecular flexibility index (Phi) is 8.28. The van der Waals surface area contributed by atoms with Gasteiger partial charge in [0.05, 0.1) is 41.2 Å². The van der Waals surface area contributed by atoms with Crippen molar-refractivity contribution < 1.29 is 19.0 Å². The first-order valence-corrected chi connectivity index (χ1v) is 13.4. The lowest BCUT2D eigenvalue weighted by molar-refractivity contribution is -0.139. The van der Waals surface area contributed by atoms with Gasteiger partial charge in [-0.2, -0.15) is 0 Å². The van der Waals surface area contributed by atoms with Crippen LogP contribution in [0.4, 0.5) is 0 Å². The van der Waals surface area contributed by atoms with E-state index in [0.717, 1.165) is 23.3 Å². The average Bonchev–Trinajstić information content (AvgIpc) is 3.19. The Morgan fingerprint density at radius 3 is 2.51 bits per heavy atom. The van der Waals surface area contributed by atoms with Crippen LogP contribution in [0.3, 0.4) is 0 Å². The Morgan fingerprint density at radius 2 is 1.84 bits per heavy atom. The molecule has 1 aliphatic heterocycles. The number of thiazole rings is 1. The molecule has 0 aliphatic carbocycles. The molecule has 1 aromatic heterocycles. The van der Waals surface area contributed by atoms with Gasteiger partial charge in [-0.15, -0.1) is 0 Å². The summed E-state index contributed by atoms with van der Waals surface area (Å²) in [6, 6.07) is 14.4. The number of ether oxygens (including phenoxy) is 3. The number of carbonyl (C=O) groups is 1. The number of hydrogen-bond donors (Lipinski definition) is 0. The molecule has 0 bridgehead atoms. The molecule has 2 atom stereocenters. The van der Waals surface area contributed by atoms with E-state index in [1.165, 1.54) is 11.3 Å². The fraction of sp³-hybridized carbons (Fsp3) is 0.345. The molecule has 0 N–H and O–H groups in total. The van der Waals surface area contributed by atoms with Crippen LogP contribution in [0.15, 0.2) is 69.6 Å². The fourth-order valence-electron chi connectivity index (χ4n) is 4.17. The molecule has 37 heavy (non-hydrogen) atoms. The zero-order valence-electron chi connectivity index (χ0n) is 21.8. The van der Waals surface area contributed by atoms with E-state index in [2.05, 4.69) is 11.9 Å². The molecule has 2 aromatic carbocycles. The summed E-state index contributed by atoms with van der Waals surface area (Å²) in [5.41, 5.74) is 2.24. The molecule has 2 heterocycles. The SMILES string of the molecule is CCOC(=O)C1=C(C)N=c2s/c(=C\c3ccccc3O[C@@H](C)CC)c(=O)n2[C@@H]1c1ccc(OCC)cc1. The molecule has 0 spiro atoms. The predicted octanol–water partition coefficient (Wildman–Crippen LogP) is 4.37. The summed E-state index contributed by atoms with van der Waals surface area (Å²) in [5.74, 6) is 0.952. The van der Waals surface area contributed by atoms with Crippen molar-refractivity contribution in [3.63, 3.8) is 0 Å². The number of fused-ring (bicyclic) bond motifs is 1. The minimum absolute atomic E-state index is 0.0465. The van der Waals surface area contributed by atoms with Crippen LogP contribution < -0.4 is 24.4 Å². The van der Waals surface area contributed by atoms with Crippen molar-refractivity contribution in [1.82, 2.24) is 4.57 Å². The molecule has 4 rings (SSSR count). The van der Waals surface area contributed by atoms with Crippen LogP contribution in [-0.4, -0.2) is 29.9 Å². The molecule has 1 aliphatic rings. The van der Waals surface area contributed by atoms with Crippen LogP contribution in [0.2, 0.25) is 0 Å². The van der Waals surface area contributed by atoms with Crippen LogP contribution in [0.1, 0.15) is 58.2 Å². The number of nitrogens with zero attached hydrogens (tertiary/aromatic N) is 2. The van der Waals surface area contributed by atoms with Crippen molar-refractivity contribution in [1.29, 1.82) is 0 Å². The zero-order valence-corrected chi connectivity index (χ0v) is 22.6. The molecule has 3 aromatic rings. The van der Waals surface area contributed by atoms with Gasteiger partial charge in [-0.05, 0) is 64.0 Å². The number of hydrogen-bond acceptors (Lipinski definition) is 7. The van der Waals surface area contributed by atoms with Crippen LogP contribution in [0.25, 0.3) is 6.08 Å². The van der Waals surface area contributed by atoms with Gasteiger partial charge in [0.25, 0.3) is 5.56 Å². The van der Waals surface area contributed by atoms with Gasteiger partial charge < -0.3 is 14.2 Å². The molecule has 0 saturated carbocycles. The normalized spacial score (nSPS) is 16.1. The van der Waals surface area contributed by atoms with Crippen LogP contribution in [0, 0.1) is 0 Å². The highest BCUT2D eigenvalue weighted by molar-refractivity contribution is 7.07. The molecule has 0 fully saturated rings. The maximum atomic E-state index is 13.8. The Balaban J connectivity index is 1.89. The molecule has 7 nitrogen and oxygen atoms in total. The second-order valence-corrected chi connectivity index (χ2v) is 9.69. The van der Waals surface area contributed by atoms with Gasteiger partial charge >= 0.3 is 5.97 Å². The van der Waals surface area contributed by atoms with Crippen molar-refractivity contribution in [2.45, 2.75) is 53.2 Å². The van der Waals surface area contributed by atoms with E-state index in [1.807, 2.05) is 68.5 Å². The standard InChI is InChI=1S/C29H32N2O5S/c1-6-18(4)36-23-12-10-9-11-21(23)17-24-27(32)31-26(20-13-15-22(16-14-20)34-7-2)25(28(33)35-8-3)19(5)30-29(31)37-24/h9-18,26H,6-8H2,1-5H3/b24-17-/t18-,26+/m0/s1. The molecular weight excluding hydrogens is 488 g/mol. The smallest absolute Gasteiger partial charge is 0.338 e. The summed E-state index contributed by atoms with van der Waals surface area (Å²) < 4.78 is 19.1. The lowest BCUT2D eigenvalue weighted by atomic mass is 9.96. The lowest BCUT2D eigenvalue weighted by Crippen LogP contribution is -2.39. The average molecular weight is 521 g/mol. The monoisotopic (exact) mass is 520 g/mol. The topological polar surface area (TPSA) is 79.1 Å². The van der Waals surface area contributed by atoms with Gasteiger partial charge in [-0.25, -0.2) is 9.79 Å². The van der Waals surface area contributed by atoms with Crippen molar-refractivity contribution in [3.8, 4) is 11.5 Å². The minimum Gasteiger partial charge on any atom is -0.494 e. The molecule has 0 amide bonds. The van der Waals surface area contributed by atoms with Crippen LogP contribution in [0.5, 0.6) is 11.5 Å². The molecule has 0 radical (unpaired) electrons. The number of benzene rings is 2. The molecule has 0 saturated heterocycles. The maximum Gasteiger partial charge on any atom is 0.338 e. The quantitative estimate of drug-likeness (QED) is 0.392. The number of aromatic nitrogens is 1. The highest BCUT2D eigenvalue weighted by atomic mass is 32.1. The van der Waals surface area contributed by atoms with Crippen LogP contribution in [-0.2, 0) is 9.53 Å². The van der Waals surface area contributed by atoms with Gasteiger partial charge in [0.2, 0.25) is 0 Å². The highest BCUT2D eigenvalue weighted by Crippen LogP contribution is 2.31. The summed E-state index contributed by atoms with van der Waals surface area (Å²) in [4.78, 5) is 32.1. The molecule has 194 valence electrons. The van der Waals surface area contributed by atoms with E-state index in [9.17, 15) is 9.59 Å². The summed E-state index contributed by atoms with van der Waals surface area (Å²) in [5, 5.41) is 0. The molecule has 8 heteroatoms. The number of para-hydroxylation sites is 1. The third-order valence-corrected chi connectivity index (χ3v) is 7.12. The predicted molar refractivity (Wildman–Crippen MR) is 145 cm³/mol. The molecule has 0 unspecified atom stereocenters. The summed E-state index contributed by atoms with van der Waals surface area (Å²) in [6.45, 7) is 10.3. The van der Waals surface area contributed by atoms with E-state index >= 15 is 0 Å². The number of carbonyl (C=O) groups excluding carboxylic acids is 1. The minimum atomic E-state index is -0.667. The van der Waals surface area contributed by atoms with E-state index in [1.54, 1.807) is 18.4 Å². The third-order valence-electron chi connectivity index (χ3n) is 6.13. The van der Waals surface area contributed by atoms with Crippen molar-refractivity contribution in [3.05, 3.63) is 90.6 Å². The fourth-order valence-corrected chi connectivity index (χ4v) is 5.21. The number of allylic oxidation sites excluding steroid dienone is 1. The van der Waals surface area contributed by atoms with Gasteiger partial charge in [-0.1, -0.05) is 48.6 Å². The summed E-state index contributed by atoms with van der Waals surface area (Å²) in [7, 11) is 0. The van der Waals surface area contributed by atoms with Gasteiger partial charge in [0.1, 0.15) is 11.5 Å². The Labute approximate surface area is 220 Å². The van der Waals surface area contributed by atoms with E-state index in [0.29, 0.717) is 33.0 Å². The largest absolute Gasteiger partial charge is 0.494 e. The first-order chi connectivity index (χ1) is 17.9. The Hall–Kier alpha value is -3.65. The van der Waals surface area contributed by atoms with Gasteiger partial charge in [0.15, 0.2) is 4.80 Å². The van der Waals surface area contributed by atoms with Crippen LogP contribution >= 0.6 is 11.3 Å². The maximum absolute atomic E-state index is 13.8. The first-order valence-electron chi connectivity index (χ1n) is 12.6. The number of esters is 1. The highest BCUT2D eigenvalue weighted by Gasteiger charge is 2.33. The first kappa shape index (κ1) is 26.4. The Morgan fingerprint density at radius 1 is 1.11 bits per heavy atom. The van der Waals surface area contributed by atoms with Crippen molar-refractivity contribution in [2.75, 3.05) is 13.2 Å². The second-order valence-electron chi connectivity index (χ2n) is 8.68. The summed E-state index contributed by atoms with van der Waals surface area (Å²) in [6.07, 6.45) is 2.75. The van der Waals surface area contributed by atoms with E-state index in [-0.39, 0.29) is 18.3 Å². The lowest BCUT2D eigenvalue weighted by Gasteiger charge is -2.24. The Bertz CT molecular complexity index is 1480. The summed E-state index contributed by atoms with van der Waals surface area (Å²) >= 11 is 1.29. The van der Waals surface area contributed by atoms with E-state index in [4.69, 9.17) is 14.2 Å². The molecular formula is C29H32N2O5S. The van der Waals surface area contributed by atoms with Crippen molar-refractivity contribution >= 4 is 23.4 Å². The van der Waals surface area contributed by atoms with E-state index < -0.39 is 12.0 Å². The van der Waals surface area contributed by atoms with Crippen molar-refractivity contribution in [2.24, 2.45) is 4.99 Å². The number of rotatable bonds is 9. The third kappa shape index (κ3) is 5.54. The zero-order chi connectivity index (χ0) is 26.5. The van der Waals surface area contributed by atoms with Gasteiger partial charge in [-0.3, -0.25) is 9.36 Å².